The molecule has 0 aromatic rings. The van der Waals surface area contributed by atoms with E-state index in [9.17, 15) is 19.2 Å². The molecule has 10 nitrogen and oxygen atoms in total. The topological polar surface area (TPSA) is 177 Å². The lowest BCUT2D eigenvalue weighted by atomic mass is 10.0. The van der Waals surface area contributed by atoms with Gasteiger partial charge in [-0.05, 0) is 45.1 Å². The Bertz CT molecular complexity index is 510. The molecule has 27 heavy (non-hydrogen) atoms. The number of nitrogens with two attached hydrogens (primary N) is 2. The van der Waals surface area contributed by atoms with Crippen LogP contribution < -0.4 is 27.4 Å². The van der Waals surface area contributed by atoms with Gasteiger partial charge in [0.25, 0.3) is 0 Å². The van der Waals surface area contributed by atoms with Crippen molar-refractivity contribution in [3.05, 3.63) is 0 Å². The first kappa shape index (κ1) is 24.8. The van der Waals surface area contributed by atoms with Crippen LogP contribution in [0.4, 0.5) is 0 Å². The number of aliphatic carboxylic acids is 1. The molecular weight excluding hydrogens is 354 g/mol. The average molecular weight is 387 g/mol. The summed E-state index contributed by atoms with van der Waals surface area (Å²) in [5.74, 6) is -2.67. The normalized spacial score (nSPS) is 14.1. The van der Waals surface area contributed by atoms with Crippen molar-refractivity contribution in [2.24, 2.45) is 17.4 Å². The highest BCUT2D eigenvalue weighted by atomic mass is 16.4. The van der Waals surface area contributed by atoms with Gasteiger partial charge in [-0.1, -0.05) is 13.8 Å². The Morgan fingerprint density at radius 1 is 0.963 bits per heavy atom. The van der Waals surface area contributed by atoms with Gasteiger partial charge in [0, 0.05) is 0 Å². The largest absolute Gasteiger partial charge is 0.480 e. The average Bonchev–Trinajstić information content (AvgIpc) is 2.57. The number of carboxylic acids is 1. The molecule has 0 aromatic carbocycles. The van der Waals surface area contributed by atoms with Crippen molar-refractivity contribution in [3.63, 3.8) is 0 Å². The van der Waals surface area contributed by atoms with Crippen molar-refractivity contribution >= 4 is 23.7 Å². The molecule has 0 bridgehead atoms. The molecular formula is C17H33N5O5. The lowest BCUT2D eigenvalue weighted by Gasteiger charge is -2.20. The van der Waals surface area contributed by atoms with E-state index in [2.05, 4.69) is 16.0 Å². The minimum Gasteiger partial charge on any atom is -0.480 e. The molecule has 0 heterocycles. The van der Waals surface area contributed by atoms with Gasteiger partial charge >= 0.3 is 5.97 Å². The monoisotopic (exact) mass is 387 g/mol. The van der Waals surface area contributed by atoms with E-state index in [1.54, 1.807) is 0 Å². The van der Waals surface area contributed by atoms with Crippen molar-refractivity contribution in [2.75, 3.05) is 13.1 Å². The second-order valence-corrected chi connectivity index (χ2v) is 6.94. The summed E-state index contributed by atoms with van der Waals surface area (Å²) in [6.07, 6.45) is 1.94. The molecule has 0 saturated carbocycles. The summed E-state index contributed by atoms with van der Waals surface area (Å²) in [5.41, 5.74) is 10.9. The van der Waals surface area contributed by atoms with Crippen molar-refractivity contribution in [1.82, 2.24) is 16.0 Å². The van der Waals surface area contributed by atoms with E-state index in [-0.39, 0.29) is 18.9 Å². The zero-order valence-electron chi connectivity index (χ0n) is 16.3. The maximum Gasteiger partial charge on any atom is 0.326 e. The number of hydrogen-bond donors (Lipinski definition) is 6. The molecule has 0 radical (unpaired) electrons. The van der Waals surface area contributed by atoms with Crippen LogP contribution in [0.5, 0.6) is 0 Å². The van der Waals surface area contributed by atoms with E-state index >= 15 is 0 Å². The van der Waals surface area contributed by atoms with E-state index < -0.39 is 41.8 Å². The number of rotatable bonds is 13. The summed E-state index contributed by atoms with van der Waals surface area (Å²) in [6, 6.07) is -2.63. The van der Waals surface area contributed by atoms with Crippen LogP contribution in [0, 0.1) is 5.92 Å². The number of carbonyl (C=O) groups is 4. The molecule has 0 saturated heterocycles. The predicted octanol–water partition coefficient (Wildman–Crippen LogP) is -1.32. The Morgan fingerprint density at radius 2 is 1.59 bits per heavy atom. The summed E-state index contributed by atoms with van der Waals surface area (Å²) in [4.78, 5) is 47.2. The maximum atomic E-state index is 12.3. The first-order chi connectivity index (χ1) is 12.6. The van der Waals surface area contributed by atoms with Gasteiger partial charge in [-0.25, -0.2) is 4.79 Å². The Morgan fingerprint density at radius 3 is 2.07 bits per heavy atom. The van der Waals surface area contributed by atoms with Crippen molar-refractivity contribution in [3.8, 4) is 0 Å². The van der Waals surface area contributed by atoms with Gasteiger partial charge in [0.05, 0.1) is 12.6 Å². The third-order valence-electron chi connectivity index (χ3n) is 3.76. The highest BCUT2D eigenvalue weighted by Gasteiger charge is 2.24. The van der Waals surface area contributed by atoms with Crippen LogP contribution >= 0.6 is 0 Å². The zero-order valence-corrected chi connectivity index (χ0v) is 16.3. The molecule has 0 aliphatic rings. The first-order valence-corrected chi connectivity index (χ1v) is 9.14. The molecule has 0 rings (SSSR count). The molecule has 3 unspecified atom stereocenters. The number of hydrogen-bond acceptors (Lipinski definition) is 6. The zero-order chi connectivity index (χ0) is 21.0. The minimum atomic E-state index is -1.13. The van der Waals surface area contributed by atoms with E-state index in [4.69, 9.17) is 16.6 Å². The number of unbranched alkanes of at least 4 members (excludes halogenated alkanes) is 1. The van der Waals surface area contributed by atoms with Gasteiger partial charge in [0.1, 0.15) is 12.1 Å². The second-order valence-electron chi connectivity index (χ2n) is 6.94. The van der Waals surface area contributed by atoms with Gasteiger partial charge in [-0.3, -0.25) is 14.4 Å². The van der Waals surface area contributed by atoms with Crippen molar-refractivity contribution in [2.45, 2.75) is 64.6 Å². The fraction of sp³-hybridized carbons (Fsp3) is 0.765. The SMILES string of the molecule is CC(C)CC(NC(=O)CNC(=O)C(CCCCN)NC(=O)C(C)N)C(=O)O. The summed E-state index contributed by atoms with van der Waals surface area (Å²) in [5, 5.41) is 16.5. The van der Waals surface area contributed by atoms with Gasteiger partial charge < -0.3 is 32.5 Å². The Balaban J connectivity index is 4.68. The smallest absolute Gasteiger partial charge is 0.326 e. The van der Waals surface area contributed by atoms with Gasteiger partial charge in [0.2, 0.25) is 17.7 Å². The van der Waals surface area contributed by atoms with Crippen LogP contribution in [0.3, 0.4) is 0 Å². The summed E-state index contributed by atoms with van der Waals surface area (Å²) < 4.78 is 0. The summed E-state index contributed by atoms with van der Waals surface area (Å²) in [7, 11) is 0. The van der Waals surface area contributed by atoms with E-state index in [1.165, 1.54) is 6.92 Å². The highest BCUT2D eigenvalue weighted by molar-refractivity contribution is 5.92. The van der Waals surface area contributed by atoms with Crippen molar-refractivity contribution < 1.29 is 24.3 Å². The number of nitrogens with one attached hydrogen (secondary N) is 3. The van der Waals surface area contributed by atoms with Crippen LogP contribution in [-0.2, 0) is 19.2 Å². The maximum absolute atomic E-state index is 12.3. The Kier molecular flexibility index (Phi) is 12.0. The van der Waals surface area contributed by atoms with E-state index in [0.717, 1.165) is 0 Å². The summed E-state index contributed by atoms with van der Waals surface area (Å²) >= 11 is 0. The Hall–Kier alpha value is -2.20. The first-order valence-electron chi connectivity index (χ1n) is 9.14. The molecule has 3 amide bonds. The van der Waals surface area contributed by atoms with Crippen molar-refractivity contribution in [1.29, 1.82) is 0 Å². The predicted molar refractivity (Wildman–Crippen MR) is 101 cm³/mol. The number of amides is 3. The van der Waals surface area contributed by atoms with Gasteiger partial charge in [-0.15, -0.1) is 0 Å². The molecule has 156 valence electrons. The fourth-order valence-corrected chi connectivity index (χ4v) is 2.29. The van der Waals surface area contributed by atoms with Gasteiger partial charge in [0.15, 0.2) is 0 Å². The third kappa shape index (κ3) is 11.2. The number of carbonyl (C=O) groups excluding carboxylic acids is 3. The van der Waals surface area contributed by atoms with Gasteiger partial charge in [-0.2, -0.15) is 0 Å². The van der Waals surface area contributed by atoms with E-state index in [1.807, 2.05) is 13.8 Å². The lowest BCUT2D eigenvalue weighted by molar-refractivity contribution is -0.142. The summed E-state index contributed by atoms with van der Waals surface area (Å²) in [6.45, 7) is 5.26. The molecule has 0 aliphatic carbocycles. The quantitative estimate of drug-likeness (QED) is 0.212. The molecule has 3 atom stereocenters. The highest BCUT2D eigenvalue weighted by Crippen LogP contribution is 2.05. The molecule has 10 heteroatoms. The van der Waals surface area contributed by atoms with Crippen LogP contribution in [0.2, 0.25) is 0 Å². The fourth-order valence-electron chi connectivity index (χ4n) is 2.29. The molecule has 0 fully saturated rings. The van der Waals surface area contributed by atoms with E-state index in [0.29, 0.717) is 25.8 Å². The Labute approximate surface area is 159 Å². The molecule has 0 spiro atoms. The molecule has 0 aromatic heterocycles. The molecule has 0 aliphatic heterocycles. The standard InChI is InChI=1S/C17H33N5O5/c1-10(2)8-13(17(26)27)21-14(23)9-20-16(25)12(6-4-5-7-18)22-15(24)11(3)19/h10-13H,4-9,18-19H2,1-3H3,(H,20,25)(H,21,23)(H,22,24)(H,26,27). The molecule has 8 N–H and O–H groups in total. The van der Waals surface area contributed by atoms with Crippen LogP contribution in [-0.4, -0.2) is 60.0 Å². The number of carboxylic acid groups (broad SMARTS) is 1. The lowest BCUT2D eigenvalue weighted by Crippen LogP contribution is -2.53. The second kappa shape index (κ2) is 13.0. The van der Waals surface area contributed by atoms with Crippen LogP contribution in [0.15, 0.2) is 0 Å². The van der Waals surface area contributed by atoms with Crippen LogP contribution in [0.25, 0.3) is 0 Å². The van der Waals surface area contributed by atoms with Crippen LogP contribution in [0.1, 0.15) is 46.5 Å². The minimum absolute atomic E-state index is 0.0846. The third-order valence-corrected chi connectivity index (χ3v) is 3.76.